The van der Waals surface area contributed by atoms with E-state index in [1.807, 2.05) is 67.6 Å². The van der Waals surface area contributed by atoms with E-state index in [0.29, 0.717) is 25.3 Å². The van der Waals surface area contributed by atoms with E-state index in [4.69, 9.17) is 0 Å². The second-order valence-corrected chi connectivity index (χ2v) is 10.5. The molecule has 0 aliphatic carbocycles. The van der Waals surface area contributed by atoms with Gasteiger partial charge < -0.3 is 10.2 Å². The van der Waals surface area contributed by atoms with Gasteiger partial charge in [0.2, 0.25) is 11.8 Å². The number of nitrogens with zero attached hydrogens (tertiary/aromatic N) is 1. The zero-order valence-electron chi connectivity index (χ0n) is 20.4. The number of hydrogen-bond donors (Lipinski definition) is 1. The van der Waals surface area contributed by atoms with Crippen LogP contribution in [0.3, 0.4) is 0 Å². The van der Waals surface area contributed by atoms with Crippen LogP contribution in [0.15, 0.2) is 83.3 Å². The first kappa shape index (κ1) is 27.0. The minimum Gasteiger partial charge on any atom is -0.354 e. The maximum Gasteiger partial charge on any atom is 0.243 e. The van der Waals surface area contributed by atoms with E-state index in [9.17, 15) is 9.59 Å². The van der Waals surface area contributed by atoms with Crippen LogP contribution in [0.4, 0.5) is 0 Å². The van der Waals surface area contributed by atoms with Crippen molar-refractivity contribution in [2.45, 2.75) is 45.0 Å². The number of carbonyl (C=O) groups is 2. The lowest BCUT2D eigenvalue weighted by Crippen LogP contribution is -2.51. The van der Waals surface area contributed by atoms with Crippen LogP contribution in [0.2, 0.25) is 0 Å². The number of nitrogens with one attached hydrogen (secondary N) is 1. The predicted octanol–water partition coefficient (Wildman–Crippen LogP) is 6.16. The lowest BCUT2D eigenvalue weighted by Gasteiger charge is -2.31. The molecule has 0 aromatic heterocycles. The largest absolute Gasteiger partial charge is 0.354 e. The van der Waals surface area contributed by atoms with Crippen LogP contribution in [-0.2, 0) is 28.3 Å². The van der Waals surface area contributed by atoms with Gasteiger partial charge in [-0.3, -0.25) is 9.59 Å². The van der Waals surface area contributed by atoms with Crippen LogP contribution in [-0.4, -0.2) is 35.1 Å². The van der Waals surface area contributed by atoms with Crippen LogP contribution in [0.5, 0.6) is 0 Å². The molecule has 3 aromatic rings. The Morgan fingerprint density at radius 3 is 2.37 bits per heavy atom. The van der Waals surface area contributed by atoms with Crippen LogP contribution in [0.25, 0.3) is 0 Å². The first-order valence-electron chi connectivity index (χ1n) is 11.9. The first-order chi connectivity index (χ1) is 17.0. The highest BCUT2D eigenvalue weighted by Gasteiger charge is 2.30. The van der Waals surface area contributed by atoms with E-state index in [-0.39, 0.29) is 11.8 Å². The number of amides is 2. The monoisotopic (exact) mass is 552 g/mol. The summed E-state index contributed by atoms with van der Waals surface area (Å²) in [5.74, 6) is 0.926. The fraction of sp³-hybridized carbons (Fsp3) is 0.310. The smallest absolute Gasteiger partial charge is 0.243 e. The molecule has 35 heavy (non-hydrogen) atoms. The lowest BCUT2D eigenvalue weighted by molar-refractivity contribution is -0.139. The van der Waals surface area contributed by atoms with E-state index in [0.717, 1.165) is 27.8 Å². The third-order valence-electron chi connectivity index (χ3n) is 5.64. The summed E-state index contributed by atoms with van der Waals surface area (Å²) < 4.78 is 0.950. The highest BCUT2D eigenvalue weighted by molar-refractivity contribution is 9.10. The molecule has 0 saturated carbocycles. The van der Waals surface area contributed by atoms with Crippen molar-refractivity contribution in [3.8, 4) is 0 Å². The van der Waals surface area contributed by atoms with Gasteiger partial charge in [-0.2, -0.15) is 0 Å². The zero-order chi connectivity index (χ0) is 25.0. The fourth-order valence-electron chi connectivity index (χ4n) is 3.89. The average molecular weight is 554 g/mol. The van der Waals surface area contributed by atoms with E-state index in [1.165, 1.54) is 11.1 Å². The highest BCUT2D eigenvalue weighted by atomic mass is 79.9. The van der Waals surface area contributed by atoms with Crippen molar-refractivity contribution in [2.24, 2.45) is 0 Å². The Morgan fingerprint density at radius 1 is 0.943 bits per heavy atom. The Kier molecular flexibility index (Phi) is 10.9. The molecule has 1 unspecified atom stereocenters. The van der Waals surface area contributed by atoms with Gasteiger partial charge in [-0.05, 0) is 42.2 Å². The molecule has 3 rings (SSSR count). The molecular formula is C29H33BrN2O2S. The summed E-state index contributed by atoms with van der Waals surface area (Å²) in [5.41, 5.74) is 4.42. The summed E-state index contributed by atoms with van der Waals surface area (Å²) in [6.07, 6.45) is 1.31. The molecule has 0 heterocycles. The van der Waals surface area contributed by atoms with Crippen molar-refractivity contribution in [1.82, 2.24) is 10.2 Å². The van der Waals surface area contributed by atoms with Crippen molar-refractivity contribution < 1.29 is 9.59 Å². The number of benzene rings is 3. The van der Waals surface area contributed by atoms with Crippen LogP contribution in [0, 0.1) is 6.92 Å². The molecule has 1 N–H and O–H groups in total. The van der Waals surface area contributed by atoms with Crippen molar-refractivity contribution in [1.29, 1.82) is 0 Å². The third kappa shape index (κ3) is 8.86. The van der Waals surface area contributed by atoms with Crippen molar-refractivity contribution in [3.63, 3.8) is 0 Å². The summed E-state index contributed by atoms with van der Waals surface area (Å²) in [6, 6.07) is 25.6. The molecule has 2 amide bonds. The van der Waals surface area contributed by atoms with Gasteiger partial charge in [-0.25, -0.2) is 0 Å². The molecule has 0 spiro atoms. The molecule has 0 aliphatic rings. The molecule has 0 aliphatic heterocycles. The molecule has 4 nitrogen and oxygen atoms in total. The molecule has 3 aromatic carbocycles. The minimum atomic E-state index is -0.588. The molecule has 0 radical (unpaired) electrons. The second kappa shape index (κ2) is 14.1. The van der Waals surface area contributed by atoms with Gasteiger partial charge in [0, 0.05) is 29.7 Å². The number of thioether (sulfide) groups is 1. The Bertz CT molecular complexity index is 1110. The molecule has 184 valence electrons. The van der Waals surface area contributed by atoms with Gasteiger partial charge in [0.25, 0.3) is 0 Å². The average Bonchev–Trinajstić information content (AvgIpc) is 2.85. The van der Waals surface area contributed by atoms with Gasteiger partial charge in [-0.1, -0.05) is 95.1 Å². The zero-order valence-corrected chi connectivity index (χ0v) is 22.8. The summed E-state index contributed by atoms with van der Waals surface area (Å²) in [5, 5.41) is 3.02. The predicted molar refractivity (Wildman–Crippen MR) is 149 cm³/mol. The van der Waals surface area contributed by atoms with Gasteiger partial charge in [-0.15, -0.1) is 11.8 Å². The number of aryl methyl sites for hydroxylation is 1. The van der Waals surface area contributed by atoms with E-state index in [1.54, 1.807) is 16.7 Å². The number of carbonyl (C=O) groups excluding carboxylic acids is 2. The molecule has 0 saturated heterocycles. The Labute approximate surface area is 221 Å². The normalized spacial score (nSPS) is 11.6. The maximum absolute atomic E-state index is 13.6. The minimum absolute atomic E-state index is 0.0322. The van der Waals surface area contributed by atoms with Gasteiger partial charge in [0.05, 0.1) is 5.75 Å². The van der Waals surface area contributed by atoms with Crippen LogP contribution >= 0.6 is 27.7 Å². The summed E-state index contributed by atoms with van der Waals surface area (Å²) in [7, 11) is 0. The molecule has 6 heteroatoms. The van der Waals surface area contributed by atoms with Crippen molar-refractivity contribution in [2.75, 3.05) is 12.3 Å². The quantitative estimate of drug-likeness (QED) is 0.293. The molecule has 1 atom stereocenters. The van der Waals surface area contributed by atoms with Crippen molar-refractivity contribution >= 4 is 39.5 Å². The number of halogens is 1. The number of hydrogen-bond acceptors (Lipinski definition) is 3. The van der Waals surface area contributed by atoms with Crippen LogP contribution < -0.4 is 5.32 Å². The highest BCUT2D eigenvalue weighted by Crippen LogP contribution is 2.20. The fourth-order valence-corrected chi connectivity index (χ4v) is 5.20. The first-order valence-corrected chi connectivity index (χ1v) is 13.9. The van der Waals surface area contributed by atoms with E-state index < -0.39 is 6.04 Å². The van der Waals surface area contributed by atoms with Crippen LogP contribution in [0.1, 0.15) is 35.6 Å². The second-order valence-electron chi connectivity index (χ2n) is 8.63. The topological polar surface area (TPSA) is 49.4 Å². The lowest BCUT2D eigenvalue weighted by atomic mass is 10.0. The van der Waals surface area contributed by atoms with Gasteiger partial charge in [0.1, 0.15) is 6.04 Å². The standard InChI is InChI=1S/C29H33BrN2O2S/c1-3-15-31-29(34)27(18-23-10-5-4-6-11-23)32(19-24-12-8-14-26(30)17-24)28(33)21-35-20-25-13-7-9-22(2)16-25/h4-14,16-17,27H,3,15,18-21H2,1-2H3,(H,31,34). The van der Waals surface area contributed by atoms with Gasteiger partial charge in [0.15, 0.2) is 0 Å². The Morgan fingerprint density at radius 2 is 1.66 bits per heavy atom. The molecule has 0 fully saturated rings. The third-order valence-corrected chi connectivity index (χ3v) is 7.12. The molecular weight excluding hydrogens is 520 g/mol. The maximum atomic E-state index is 13.6. The summed E-state index contributed by atoms with van der Waals surface area (Å²) in [6.45, 7) is 5.06. The number of rotatable bonds is 12. The van der Waals surface area contributed by atoms with Crippen molar-refractivity contribution in [3.05, 3.63) is 106 Å². The van der Waals surface area contributed by atoms with E-state index in [2.05, 4.69) is 46.4 Å². The Balaban J connectivity index is 1.83. The van der Waals surface area contributed by atoms with E-state index >= 15 is 0 Å². The summed E-state index contributed by atoms with van der Waals surface area (Å²) in [4.78, 5) is 28.7. The summed E-state index contributed by atoms with van der Waals surface area (Å²) >= 11 is 5.12. The van der Waals surface area contributed by atoms with Gasteiger partial charge >= 0.3 is 0 Å². The molecule has 0 bridgehead atoms. The Hall–Kier alpha value is -2.57. The SMILES string of the molecule is CCCNC(=O)C(Cc1ccccc1)N(Cc1cccc(Br)c1)C(=O)CSCc1cccc(C)c1.